The molecule has 0 amide bonds. The Morgan fingerprint density at radius 1 is 1.20 bits per heavy atom. The number of hydrogen-bond donors (Lipinski definition) is 2. The molecule has 0 bridgehead atoms. The lowest BCUT2D eigenvalue weighted by molar-refractivity contribution is -0.383. The SMILES string of the molecule is Nc1ccc2c(c1)CC(Nc1ncnc3c([N+](=O)[O-])c(Cl)ccc13)C2. The second-order valence-corrected chi connectivity index (χ2v) is 6.46. The van der Waals surface area contributed by atoms with Gasteiger partial charge in [-0.15, -0.1) is 0 Å². The van der Waals surface area contributed by atoms with Crippen LogP contribution in [-0.4, -0.2) is 20.9 Å². The van der Waals surface area contributed by atoms with Gasteiger partial charge < -0.3 is 11.1 Å². The van der Waals surface area contributed by atoms with E-state index in [1.165, 1.54) is 23.5 Å². The lowest BCUT2D eigenvalue weighted by atomic mass is 10.1. The fourth-order valence-corrected chi connectivity index (χ4v) is 3.53. The Morgan fingerprint density at radius 3 is 2.80 bits per heavy atom. The van der Waals surface area contributed by atoms with Gasteiger partial charge in [0.2, 0.25) is 0 Å². The summed E-state index contributed by atoms with van der Waals surface area (Å²) in [5, 5.41) is 15.3. The van der Waals surface area contributed by atoms with E-state index in [1.807, 2.05) is 18.2 Å². The zero-order chi connectivity index (χ0) is 17.6. The van der Waals surface area contributed by atoms with Gasteiger partial charge in [-0.05, 0) is 48.2 Å². The monoisotopic (exact) mass is 355 g/mol. The number of nitrogen functional groups attached to an aromatic ring is 1. The molecule has 1 aliphatic carbocycles. The highest BCUT2D eigenvalue weighted by atomic mass is 35.5. The summed E-state index contributed by atoms with van der Waals surface area (Å²) >= 11 is 5.96. The predicted octanol–water partition coefficient (Wildman–Crippen LogP) is 3.35. The Bertz CT molecular complexity index is 1010. The molecule has 1 aromatic heterocycles. The van der Waals surface area contributed by atoms with Gasteiger partial charge in [-0.25, -0.2) is 9.97 Å². The standard InChI is InChI=1S/C17H14ClN5O2/c18-14-4-3-13-15(16(14)23(24)25)20-8-21-17(13)22-12-6-9-1-2-11(19)5-10(9)7-12/h1-5,8,12H,6-7,19H2,(H,20,21,22). The van der Waals surface area contributed by atoms with Crippen molar-refractivity contribution in [3.63, 3.8) is 0 Å². The van der Waals surface area contributed by atoms with Crippen LogP contribution in [0.1, 0.15) is 11.1 Å². The summed E-state index contributed by atoms with van der Waals surface area (Å²) in [6.07, 6.45) is 2.98. The number of hydrogen-bond acceptors (Lipinski definition) is 6. The molecule has 0 aliphatic heterocycles. The van der Waals surface area contributed by atoms with Crippen molar-refractivity contribution in [2.24, 2.45) is 0 Å². The number of anilines is 2. The molecule has 3 aromatic rings. The van der Waals surface area contributed by atoms with Gasteiger partial charge in [-0.2, -0.15) is 0 Å². The minimum atomic E-state index is -0.518. The van der Waals surface area contributed by atoms with Gasteiger partial charge in [0, 0.05) is 17.1 Å². The van der Waals surface area contributed by atoms with Crippen molar-refractivity contribution in [1.82, 2.24) is 9.97 Å². The Morgan fingerprint density at radius 2 is 2.00 bits per heavy atom. The molecule has 126 valence electrons. The van der Waals surface area contributed by atoms with Gasteiger partial charge >= 0.3 is 5.69 Å². The molecule has 0 saturated carbocycles. The number of benzene rings is 2. The topological polar surface area (TPSA) is 107 Å². The molecule has 4 rings (SSSR count). The smallest absolute Gasteiger partial charge is 0.314 e. The van der Waals surface area contributed by atoms with Crippen LogP contribution in [0.25, 0.3) is 10.9 Å². The molecule has 7 nitrogen and oxygen atoms in total. The fraction of sp³-hybridized carbons (Fsp3) is 0.176. The van der Waals surface area contributed by atoms with Gasteiger partial charge in [-0.1, -0.05) is 17.7 Å². The molecule has 2 aromatic carbocycles. The molecule has 1 aliphatic rings. The Labute approximate surface area is 148 Å². The minimum absolute atomic E-state index is 0.0610. The maximum Gasteiger partial charge on any atom is 0.314 e. The second kappa shape index (κ2) is 5.86. The van der Waals surface area contributed by atoms with E-state index in [9.17, 15) is 10.1 Å². The molecule has 8 heteroatoms. The number of aromatic nitrogens is 2. The van der Waals surface area contributed by atoms with Gasteiger partial charge in [0.15, 0.2) is 5.52 Å². The van der Waals surface area contributed by atoms with Crippen LogP contribution in [0.2, 0.25) is 5.02 Å². The Hall–Kier alpha value is -2.93. The van der Waals surface area contributed by atoms with Crippen LogP contribution in [0, 0.1) is 10.1 Å². The van der Waals surface area contributed by atoms with E-state index < -0.39 is 4.92 Å². The Balaban J connectivity index is 1.69. The van der Waals surface area contributed by atoms with Crippen LogP contribution in [0.3, 0.4) is 0 Å². The number of halogens is 1. The van der Waals surface area contributed by atoms with Crippen molar-refractivity contribution in [2.75, 3.05) is 11.1 Å². The summed E-state index contributed by atoms with van der Waals surface area (Å²) in [7, 11) is 0. The summed E-state index contributed by atoms with van der Waals surface area (Å²) in [6, 6.07) is 9.26. The molecule has 25 heavy (non-hydrogen) atoms. The van der Waals surface area contributed by atoms with Crippen molar-refractivity contribution in [2.45, 2.75) is 18.9 Å². The first-order chi connectivity index (χ1) is 12.0. The highest BCUT2D eigenvalue weighted by Gasteiger charge is 2.24. The third-order valence-electron chi connectivity index (χ3n) is 4.42. The quantitative estimate of drug-likeness (QED) is 0.424. The van der Waals surface area contributed by atoms with Gasteiger partial charge in [-0.3, -0.25) is 10.1 Å². The van der Waals surface area contributed by atoms with E-state index in [0.29, 0.717) is 11.2 Å². The zero-order valence-electron chi connectivity index (χ0n) is 13.1. The summed E-state index contributed by atoms with van der Waals surface area (Å²) in [6.45, 7) is 0. The van der Waals surface area contributed by atoms with E-state index in [-0.39, 0.29) is 22.3 Å². The van der Waals surface area contributed by atoms with Crippen molar-refractivity contribution in [3.8, 4) is 0 Å². The highest BCUT2D eigenvalue weighted by molar-refractivity contribution is 6.34. The second-order valence-electron chi connectivity index (χ2n) is 6.05. The van der Waals surface area contributed by atoms with Crippen molar-refractivity contribution in [1.29, 1.82) is 0 Å². The maximum atomic E-state index is 11.3. The van der Waals surface area contributed by atoms with E-state index in [4.69, 9.17) is 17.3 Å². The zero-order valence-corrected chi connectivity index (χ0v) is 13.8. The van der Waals surface area contributed by atoms with Crippen LogP contribution < -0.4 is 11.1 Å². The van der Waals surface area contributed by atoms with Crippen LogP contribution in [-0.2, 0) is 12.8 Å². The third-order valence-corrected chi connectivity index (χ3v) is 4.72. The van der Waals surface area contributed by atoms with Gasteiger partial charge in [0.25, 0.3) is 0 Å². The van der Waals surface area contributed by atoms with Crippen molar-refractivity contribution < 1.29 is 4.92 Å². The highest BCUT2D eigenvalue weighted by Crippen LogP contribution is 2.35. The molecule has 0 fully saturated rings. The summed E-state index contributed by atoms with van der Waals surface area (Å²) < 4.78 is 0. The average molecular weight is 356 g/mol. The first-order valence-corrected chi connectivity index (χ1v) is 8.12. The number of nitrogens with zero attached hydrogens (tertiary/aromatic N) is 3. The molecular formula is C17H14ClN5O2. The molecule has 3 N–H and O–H groups in total. The average Bonchev–Trinajstić information content (AvgIpc) is 2.95. The van der Waals surface area contributed by atoms with Gasteiger partial charge in [0.1, 0.15) is 17.2 Å². The maximum absolute atomic E-state index is 11.3. The molecule has 0 saturated heterocycles. The van der Waals surface area contributed by atoms with E-state index in [1.54, 1.807) is 6.07 Å². The molecule has 1 heterocycles. The number of nitrogens with two attached hydrogens (primary N) is 1. The number of nitrogens with one attached hydrogen (secondary N) is 1. The van der Waals surface area contributed by atoms with Crippen LogP contribution in [0.4, 0.5) is 17.2 Å². The molecule has 0 spiro atoms. The number of nitro groups is 1. The molecule has 1 atom stereocenters. The van der Waals surface area contributed by atoms with Crippen molar-refractivity contribution >= 4 is 39.7 Å². The summed E-state index contributed by atoms with van der Waals surface area (Å²) in [4.78, 5) is 19.1. The summed E-state index contributed by atoms with van der Waals surface area (Å²) in [5.74, 6) is 0.565. The normalized spacial score (nSPS) is 16.0. The first kappa shape index (κ1) is 15.6. The van der Waals surface area contributed by atoms with Crippen LogP contribution in [0.5, 0.6) is 0 Å². The predicted molar refractivity (Wildman–Crippen MR) is 96.9 cm³/mol. The number of nitro benzene ring substituents is 1. The Kier molecular flexibility index (Phi) is 3.65. The molecule has 0 radical (unpaired) electrons. The summed E-state index contributed by atoms with van der Waals surface area (Å²) in [5.41, 5.74) is 9.08. The minimum Gasteiger partial charge on any atom is -0.399 e. The van der Waals surface area contributed by atoms with Crippen LogP contribution in [0.15, 0.2) is 36.7 Å². The van der Waals surface area contributed by atoms with E-state index in [2.05, 4.69) is 15.3 Å². The number of rotatable bonds is 3. The fourth-order valence-electron chi connectivity index (χ4n) is 3.31. The third kappa shape index (κ3) is 2.72. The van der Waals surface area contributed by atoms with Crippen molar-refractivity contribution in [3.05, 3.63) is 62.9 Å². The first-order valence-electron chi connectivity index (χ1n) is 7.74. The largest absolute Gasteiger partial charge is 0.399 e. The lowest BCUT2D eigenvalue weighted by Crippen LogP contribution is -2.20. The van der Waals surface area contributed by atoms with Gasteiger partial charge in [0.05, 0.1) is 4.92 Å². The lowest BCUT2D eigenvalue weighted by Gasteiger charge is -2.14. The molecular weight excluding hydrogens is 342 g/mol. The molecule has 1 unspecified atom stereocenters. The van der Waals surface area contributed by atoms with Crippen LogP contribution >= 0.6 is 11.6 Å². The number of fused-ring (bicyclic) bond motifs is 2. The van der Waals surface area contributed by atoms with E-state index in [0.717, 1.165) is 18.5 Å². The van der Waals surface area contributed by atoms with E-state index >= 15 is 0 Å².